The summed E-state index contributed by atoms with van der Waals surface area (Å²) < 4.78 is 29.2. The van der Waals surface area contributed by atoms with Gasteiger partial charge in [-0.3, -0.25) is 4.99 Å². The van der Waals surface area contributed by atoms with Crippen LogP contribution >= 0.6 is 0 Å². The molecule has 1 aromatic rings. The molecule has 104 valence electrons. The zero-order valence-corrected chi connectivity index (χ0v) is 10.5. The summed E-state index contributed by atoms with van der Waals surface area (Å²) in [5, 5.41) is 0. The van der Waals surface area contributed by atoms with Crippen LogP contribution in [0.3, 0.4) is 0 Å². The van der Waals surface area contributed by atoms with E-state index in [-0.39, 0.29) is 11.8 Å². The first-order valence-electron chi connectivity index (χ1n) is 6.29. The first kappa shape index (κ1) is 13.7. The molecule has 0 aliphatic heterocycles. The summed E-state index contributed by atoms with van der Waals surface area (Å²) in [5.41, 5.74) is 2.94. The summed E-state index contributed by atoms with van der Waals surface area (Å²) in [5.74, 6) is 5.93. The molecular formula is C13H17F2N3O. The van der Waals surface area contributed by atoms with Crippen LogP contribution in [0.25, 0.3) is 0 Å². The van der Waals surface area contributed by atoms with Crippen LogP contribution < -0.4 is 16.0 Å². The van der Waals surface area contributed by atoms with E-state index in [1.165, 1.54) is 6.07 Å². The molecule has 0 heterocycles. The number of rotatable bonds is 4. The fourth-order valence-corrected chi connectivity index (χ4v) is 2.26. The highest BCUT2D eigenvalue weighted by Crippen LogP contribution is 2.24. The summed E-state index contributed by atoms with van der Waals surface area (Å²) in [4.78, 5) is 4.49. The molecule has 0 radical (unpaired) electrons. The molecule has 0 saturated heterocycles. The average Bonchev–Trinajstić information content (AvgIpc) is 2.89. The van der Waals surface area contributed by atoms with Crippen molar-refractivity contribution >= 4 is 5.84 Å². The number of nitrogens with zero attached hydrogens (tertiary/aromatic N) is 1. The van der Waals surface area contributed by atoms with Gasteiger partial charge in [-0.15, -0.1) is 0 Å². The second-order valence-corrected chi connectivity index (χ2v) is 4.43. The van der Waals surface area contributed by atoms with E-state index in [1.807, 2.05) is 0 Å². The number of amidine groups is 1. The van der Waals surface area contributed by atoms with Crippen LogP contribution in [-0.2, 0) is 0 Å². The van der Waals surface area contributed by atoms with Crippen molar-refractivity contribution in [3.8, 4) is 5.75 Å². The Hall–Kier alpha value is -1.69. The van der Waals surface area contributed by atoms with E-state index in [4.69, 9.17) is 5.84 Å². The van der Waals surface area contributed by atoms with Gasteiger partial charge in [0.05, 0.1) is 11.6 Å². The summed E-state index contributed by atoms with van der Waals surface area (Å²) in [6.07, 6.45) is 4.29. The molecule has 0 spiro atoms. The van der Waals surface area contributed by atoms with Crippen molar-refractivity contribution < 1.29 is 13.5 Å². The highest BCUT2D eigenvalue weighted by Gasteiger charge is 2.18. The molecule has 3 N–H and O–H groups in total. The summed E-state index contributed by atoms with van der Waals surface area (Å²) in [6.45, 7) is -2.87. The Bertz CT molecular complexity index is 445. The third-order valence-corrected chi connectivity index (χ3v) is 3.13. The third-order valence-electron chi connectivity index (χ3n) is 3.13. The number of aliphatic imine (C=N–C) groups is 1. The van der Waals surface area contributed by atoms with E-state index in [0.29, 0.717) is 11.4 Å². The molecule has 0 amide bonds. The van der Waals surface area contributed by atoms with Crippen molar-refractivity contribution in [2.45, 2.75) is 38.3 Å². The molecule has 19 heavy (non-hydrogen) atoms. The third kappa shape index (κ3) is 3.64. The standard InChI is InChI=1S/C13H17F2N3O/c14-13(15)19-11-8-4-3-7-10(11)12(18-16)17-9-5-1-2-6-9/h3-4,7-9,13H,1-2,5-6,16H2,(H,17,18). The highest BCUT2D eigenvalue weighted by molar-refractivity contribution is 6.00. The number of para-hydroxylation sites is 1. The van der Waals surface area contributed by atoms with Gasteiger partial charge in [-0.25, -0.2) is 5.84 Å². The van der Waals surface area contributed by atoms with Crippen LogP contribution in [0.5, 0.6) is 5.75 Å². The van der Waals surface area contributed by atoms with Crippen molar-refractivity contribution in [3.05, 3.63) is 29.8 Å². The minimum absolute atomic E-state index is 0.0761. The fraction of sp³-hybridized carbons (Fsp3) is 0.462. The molecule has 1 aliphatic rings. The van der Waals surface area contributed by atoms with Gasteiger partial charge in [0.15, 0.2) is 0 Å². The monoisotopic (exact) mass is 269 g/mol. The maximum absolute atomic E-state index is 12.4. The lowest BCUT2D eigenvalue weighted by Crippen LogP contribution is -2.32. The molecule has 0 unspecified atom stereocenters. The Labute approximate surface area is 110 Å². The minimum atomic E-state index is -2.87. The van der Waals surface area contributed by atoms with E-state index in [9.17, 15) is 8.78 Å². The molecule has 4 nitrogen and oxygen atoms in total. The van der Waals surface area contributed by atoms with E-state index >= 15 is 0 Å². The van der Waals surface area contributed by atoms with E-state index in [0.717, 1.165) is 25.7 Å². The topological polar surface area (TPSA) is 59.6 Å². The lowest BCUT2D eigenvalue weighted by atomic mass is 10.1. The minimum Gasteiger partial charge on any atom is -0.434 e. The number of benzene rings is 1. The number of ether oxygens (including phenoxy) is 1. The Morgan fingerprint density at radius 1 is 1.32 bits per heavy atom. The summed E-state index contributed by atoms with van der Waals surface area (Å²) in [6, 6.07) is 6.69. The molecule has 0 bridgehead atoms. The Balaban J connectivity index is 2.26. The zero-order valence-electron chi connectivity index (χ0n) is 10.5. The van der Waals surface area contributed by atoms with Gasteiger partial charge in [-0.05, 0) is 25.0 Å². The molecule has 1 aliphatic carbocycles. The number of alkyl halides is 2. The first-order valence-corrected chi connectivity index (χ1v) is 6.29. The highest BCUT2D eigenvalue weighted by atomic mass is 19.3. The zero-order chi connectivity index (χ0) is 13.7. The number of halogens is 2. The molecule has 1 fully saturated rings. The number of hydrogen-bond donors (Lipinski definition) is 2. The average molecular weight is 269 g/mol. The van der Waals surface area contributed by atoms with E-state index < -0.39 is 6.61 Å². The molecule has 1 saturated carbocycles. The van der Waals surface area contributed by atoms with Crippen LogP contribution in [0.4, 0.5) is 8.78 Å². The van der Waals surface area contributed by atoms with Gasteiger partial charge in [-0.1, -0.05) is 25.0 Å². The Kier molecular flexibility index (Phi) is 4.68. The maximum atomic E-state index is 12.4. The van der Waals surface area contributed by atoms with Gasteiger partial charge >= 0.3 is 6.61 Å². The lowest BCUT2D eigenvalue weighted by molar-refractivity contribution is -0.0499. The van der Waals surface area contributed by atoms with Gasteiger partial charge in [0.1, 0.15) is 11.6 Å². The normalized spacial score (nSPS) is 16.9. The van der Waals surface area contributed by atoms with Gasteiger partial charge in [0.25, 0.3) is 0 Å². The lowest BCUT2D eigenvalue weighted by Gasteiger charge is -2.14. The van der Waals surface area contributed by atoms with Crippen molar-refractivity contribution in [2.75, 3.05) is 0 Å². The second kappa shape index (κ2) is 6.47. The van der Waals surface area contributed by atoms with Crippen LogP contribution in [0.15, 0.2) is 29.3 Å². The maximum Gasteiger partial charge on any atom is 0.387 e. The van der Waals surface area contributed by atoms with E-state index in [2.05, 4.69) is 15.2 Å². The number of nitrogens with two attached hydrogens (primary N) is 1. The van der Waals surface area contributed by atoms with Gasteiger partial charge in [-0.2, -0.15) is 8.78 Å². The molecule has 0 aromatic heterocycles. The summed E-state index contributed by atoms with van der Waals surface area (Å²) in [7, 11) is 0. The quantitative estimate of drug-likeness (QED) is 0.382. The van der Waals surface area contributed by atoms with Crippen molar-refractivity contribution in [2.24, 2.45) is 10.8 Å². The van der Waals surface area contributed by atoms with Crippen LogP contribution in [0.1, 0.15) is 31.2 Å². The molecular weight excluding hydrogens is 252 g/mol. The van der Waals surface area contributed by atoms with Gasteiger partial charge in [0.2, 0.25) is 0 Å². The van der Waals surface area contributed by atoms with Crippen LogP contribution in [-0.4, -0.2) is 18.5 Å². The second-order valence-electron chi connectivity index (χ2n) is 4.43. The number of hydrogen-bond acceptors (Lipinski definition) is 3. The molecule has 6 heteroatoms. The first-order chi connectivity index (χ1) is 9.20. The van der Waals surface area contributed by atoms with Gasteiger partial charge in [0, 0.05) is 0 Å². The predicted octanol–water partition coefficient (Wildman–Crippen LogP) is 2.44. The molecule has 0 atom stereocenters. The van der Waals surface area contributed by atoms with Crippen molar-refractivity contribution in [1.82, 2.24) is 5.43 Å². The van der Waals surface area contributed by atoms with Crippen molar-refractivity contribution in [3.63, 3.8) is 0 Å². The SMILES string of the molecule is NNC(=NC1CCCC1)c1ccccc1OC(F)F. The Morgan fingerprint density at radius 2 is 2.00 bits per heavy atom. The van der Waals surface area contributed by atoms with Gasteiger partial charge < -0.3 is 10.2 Å². The fourth-order valence-electron chi connectivity index (χ4n) is 2.26. The Morgan fingerprint density at radius 3 is 2.63 bits per heavy atom. The summed E-state index contributed by atoms with van der Waals surface area (Å²) >= 11 is 0. The van der Waals surface area contributed by atoms with Crippen LogP contribution in [0, 0.1) is 0 Å². The number of hydrazine groups is 1. The van der Waals surface area contributed by atoms with Crippen LogP contribution in [0.2, 0.25) is 0 Å². The van der Waals surface area contributed by atoms with Crippen molar-refractivity contribution in [1.29, 1.82) is 0 Å². The largest absolute Gasteiger partial charge is 0.434 e. The molecule has 1 aromatic carbocycles. The predicted molar refractivity (Wildman–Crippen MR) is 69.2 cm³/mol. The van der Waals surface area contributed by atoms with E-state index in [1.54, 1.807) is 18.2 Å². The molecule has 2 rings (SSSR count). The number of nitrogens with one attached hydrogen (secondary N) is 1. The smallest absolute Gasteiger partial charge is 0.387 e.